The van der Waals surface area contributed by atoms with Crippen LogP contribution in [0.1, 0.15) is 39.1 Å². The van der Waals surface area contributed by atoms with Crippen LogP contribution >= 0.6 is 0 Å². The second kappa shape index (κ2) is 5.39. The van der Waals surface area contributed by atoms with Crippen molar-refractivity contribution in [1.29, 1.82) is 0 Å². The van der Waals surface area contributed by atoms with E-state index >= 15 is 0 Å². The first-order valence-electron chi connectivity index (χ1n) is 7.56. The van der Waals surface area contributed by atoms with Gasteiger partial charge >= 0.3 is 7.12 Å². The number of rotatable bonds is 3. The zero-order chi connectivity index (χ0) is 16.9. The van der Waals surface area contributed by atoms with Gasteiger partial charge in [-0.15, -0.1) is 0 Å². The van der Waals surface area contributed by atoms with Crippen molar-refractivity contribution < 1.29 is 14.1 Å². The Morgan fingerprint density at radius 1 is 1.18 bits per heavy atom. The molecule has 0 saturated carbocycles. The molecule has 2 heterocycles. The Bertz CT molecular complexity index is 577. The minimum atomic E-state index is -0.451. The minimum Gasteiger partial charge on any atom is -0.399 e. The fourth-order valence-electron chi connectivity index (χ4n) is 2.44. The van der Waals surface area contributed by atoms with E-state index in [2.05, 4.69) is 5.10 Å². The van der Waals surface area contributed by atoms with Gasteiger partial charge in [-0.3, -0.25) is 9.48 Å². The summed E-state index contributed by atoms with van der Waals surface area (Å²) in [7, 11) is 3.03. The van der Waals surface area contributed by atoms with Gasteiger partial charge in [0.25, 0.3) is 0 Å². The molecule has 1 saturated heterocycles. The summed E-state index contributed by atoms with van der Waals surface area (Å²) in [5.41, 5.74) is 1.88. The molecule has 0 unspecified atom stereocenters. The molecule has 1 aromatic rings. The summed E-state index contributed by atoms with van der Waals surface area (Å²) >= 11 is 0. The summed E-state index contributed by atoms with van der Waals surface area (Å²) in [6, 6.07) is 0. The third-order valence-corrected chi connectivity index (χ3v) is 4.71. The van der Waals surface area contributed by atoms with Crippen molar-refractivity contribution in [3.05, 3.63) is 11.4 Å². The highest BCUT2D eigenvalue weighted by Gasteiger charge is 2.53. The summed E-state index contributed by atoms with van der Waals surface area (Å²) in [5, 5.41) is 4.48. The van der Waals surface area contributed by atoms with Gasteiger partial charge in [0.15, 0.2) is 0 Å². The molecule has 1 fully saturated rings. The van der Waals surface area contributed by atoms with Gasteiger partial charge in [-0.1, -0.05) is 0 Å². The van der Waals surface area contributed by atoms with E-state index in [1.54, 1.807) is 23.7 Å². The van der Waals surface area contributed by atoms with Crippen molar-refractivity contribution in [1.82, 2.24) is 14.7 Å². The van der Waals surface area contributed by atoms with Crippen molar-refractivity contribution in [2.75, 3.05) is 14.1 Å². The molecule has 0 aliphatic carbocycles. The second-order valence-corrected chi connectivity index (χ2v) is 7.12. The molecule has 0 spiro atoms. The topological polar surface area (TPSA) is 56.6 Å². The molecule has 7 heteroatoms. The third-order valence-electron chi connectivity index (χ3n) is 4.71. The zero-order valence-electron chi connectivity index (χ0n) is 14.9. The maximum absolute atomic E-state index is 11.9. The van der Waals surface area contributed by atoms with Gasteiger partial charge in [-0.05, 0) is 41.5 Å². The number of aromatic nitrogens is 2. The van der Waals surface area contributed by atoms with Gasteiger partial charge in [-0.2, -0.15) is 5.10 Å². The van der Waals surface area contributed by atoms with Crippen LogP contribution in [-0.2, 0) is 20.6 Å². The first-order valence-corrected chi connectivity index (χ1v) is 7.56. The van der Waals surface area contributed by atoms with Gasteiger partial charge in [0.2, 0.25) is 5.91 Å². The van der Waals surface area contributed by atoms with Crippen LogP contribution in [0.3, 0.4) is 0 Å². The smallest absolute Gasteiger partial charge is 0.399 e. The normalized spacial score (nSPS) is 19.5. The van der Waals surface area contributed by atoms with E-state index in [9.17, 15) is 4.79 Å². The fraction of sp³-hybridized carbons (Fsp3) is 0.733. The van der Waals surface area contributed by atoms with Crippen molar-refractivity contribution in [3.63, 3.8) is 0 Å². The van der Waals surface area contributed by atoms with Crippen LogP contribution in [0.5, 0.6) is 0 Å². The molecule has 0 bridgehead atoms. The Kier molecular flexibility index (Phi) is 4.17. The Morgan fingerprint density at radius 2 is 1.68 bits per heavy atom. The van der Waals surface area contributed by atoms with E-state index in [0.29, 0.717) is 0 Å². The maximum Gasteiger partial charge on any atom is 0.498 e. The Hall–Kier alpha value is -1.34. The molecule has 1 aliphatic heterocycles. The lowest BCUT2D eigenvalue weighted by Crippen LogP contribution is -2.41. The lowest BCUT2D eigenvalue weighted by Gasteiger charge is -2.32. The average Bonchev–Trinajstić information content (AvgIpc) is 2.73. The van der Waals surface area contributed by atoms with Crippen molar-refractivity contribution >= 4 is 18.5 Å². The number of carbonyl (C=O) groups excluding carboxylic acids is 1. The summed E-state index contributed by atoms with van der Waals surface area (Å²) in [6.45, 7) is 12.2. The molecule has 0 radical (unpaired) electrons. The van der Waals surface area contributed by atoms with Crippen LogP contribution in [0.25, 0.3) is 0 Å². The number of hydrogen-bond acceptors (Lipinski definition) is 4. The van der Waals surface area contributed by atoms with Crippen molar-refractivity contribution in [2.45, 2.75) is 59.3 Å². The molecule has 0 aromatic carbocycles. The Balaban J connectivity index is 2.31. The molecule has 0 atom stereocenters. The van der Waals surface area contributed by atoms with E-state index in [0.717, 1.165) is 16.9 Å². The standard InChI is InChI=1S/C15H26BN3O3/c1-10-13(16-21-14(3,4)15(5,6)22-16)11(2)19(17-10)9-12(20)18(7)8/h9H2,1-8H3. The molecular weight excluding hydrogens is 281 g/mol. The molecule has 122 valence electrons. The molecule has 1 amide bonds. The summed E-state index contributed by atoms with van der Waals surface area (Å²) in [6.07, 6.45) is 0. The van der Waals surface area contributed by atoms with Crippen LogP contribution in [-0.4, -0.2) is 53.0 Å². The molecule has 1 aliphatic rings. The van der Waals surface area contributed by atoms with Gasteiger partial charge in [0, 0.05) is 25.3 Å². The molecular formula is C15H26BN3O3. The van der Waals surface area contributed by atoms with Crippen LogP contribution < -0.4 is 5.46 Å². The first-order chi connectivity index (χ1) is 9.96. The highest BCUT2D eigenvalue weighted by atomic mass is 16.7. The predicted octanol–water partition coefficient (Wildman–Crippen LogP) is 0.887. The maximum atomic E-state index is 11.9. The number of nitrogens with zero attached hydrogens (tertiary/aromatic N) is 3. The summed E-state index contributed by atoms with van der Waals surface area (Å²) in [4.78, 5) is 13.5. The predicted molar refractivity (Wildman–Crippen MR) is 86.1 cm³/mol. The van der Waals surface area contributed by atoms with E-state index in [1.807, 2.05) is 41.5 Å². The fourth-order valence-corrected chi connectivity index (χ4v) is 2.44. The number of carbonyl (C=O) groups is 1. The molecule has 1 aromatic heterocycles. The largest absolute Gasteiger partial charge is 0.498 e. The summed E-state index contributed by atoms with van der Waals surface area (Å²) < 4.78 is 13.9. The van der Waals surface area contributed by atoms with Gasteiger partial charge in [-0.25, -0.2) is 0 Å². The SMILES string of the molecule is Cc1nn(CC(=O)N(C)C)c(C)c1B1OC(C)(C)C(C)(C)O1. The van der Waals surface area contributed by atoms with E-state index in [4.69, 9.17) is 9.31 Å². The first kappa shape index (κ1) is 17.0. The number of amides is 1. The average molecular weight is 307 g/mol. The van der Waals surface area contributed by atoms with E-state index in [1.165, 1.54) is 0 Å². The monoisotopic (exact) mass is 307 g/mol. The minimum absolute atomic E-state index is 0.00562. The Labute approximate surface area is 132 Å². The lowest BCUT2D eigenvalue weighted by atomic mass is 9.77. The molecule has 2 rings (SSSR count). The summed E-state index contributed by atoms with van der Waals surface area (Å²) in [5.74, 6) is 0.00562. The van der Waals surface area contributed by atoms with Gasteiger partial charge in [0.1, 0.15) is 6.54 Å². The number of aryl methyl sites for hydroxylation is 1. The highest BCUT2D eigenvalue weighted by molar-refractivity contribution is 6.63. The third kappa shape index (κ3) is 2.79. The van der Waals surface area contributed by atoms with Gasteiger partial charge in [0.05, 0.1) is 16.9 Å². The van der Waals surface area contributed by atoms with Crippen molar-refractivity contribution in [2.24, 2.45) is 0 Å². The van der Waals surface area contributed by atoms with Crippen LogP contribution in [0, 0.1) is 13.8 Å². The Morgan fingerprint density at radius 3 is 2.14 bits per heavy atom. The van der Waals surface area contributed by atoms with Crippen molar-refractivity contribution in [3.8, 4) is 0 Å². The number of hydrogen-bond donors (Lipinski definition) is 0. The lowest BCUT2D eigenvalue weighted by molar-refractivity contribution is -0.129. The molecule has 0 N–H and O–H groups in total. The van der Waals surface area contributed by atoms with E-state index in [-0.39, 0.29) is 12.5 Å². The zero-order valence-corrected chi connectivity index (χ0v) is 14.9. The molecule has 22 heavy (non-hydrogen) atoms. The van der Waals surface area contributed by atoms with Crippen LogP contribution in [0.4, 0.5) is 0 Å². The second-order valence-electron chi connectivity index (χ2n) is 7.12. The van der Waals surface area contributed by atoms with Gasteiger partial charge < -0.3 is 14.2 Å². The van der Waals surface area contributed by atoms with Crippen LogP contribution in [0.15, 0.2) is 0 Å². The molecule has 6 nitrogen and oxygen atoms in total. The van der Waals surface area contributed by atoms with E-state index < -0.39 is 18.3 Å². The highest BCUT2D eigenvalue weighted by Crippen LogP contribution is 2.36. The quantitative estimate of drug-likeness (QED) is 0.778. The van der Waals surface area contributed by atoms with Crippen LogP contribution in [0.2, 0.25) is 0 Å². The number of likely N-dealkylation sites (N-methyl/N-ethyl adjacent to an activating group) is 1.